The molecule has 0 bridgehead atoms. The maximum absolute atomic E-state index is 14.0. The number of benzene rings is 1. The number of halogens is 3. The van der Waals surface area contributed by atoms with Crippen LogP contribution < -0.4 is 4.74 Å². The minimum Gasteiger partial charge on any atom is -0.490 e. The molecule has 4 rings (SSSR count). The number of esters is 1. The van der Waals surface area contributed by atoms with E-state index in [-0.39, 0.29) is 29.7 Å². The van der Waals surface area contributed by atoms with Gasteiger partial charge in [-0.05, 0) is 29.8 Å². The number of hydrogen-bond acceptors (Lipinski definition) is 5. The second kappa shape index (κ2) is 9.36. The number of rotatable bonds is 5. The highest BCUT2D eigenvalue weighted by Gasteiger charge is 2.36. The van der Waals surface area contributed by atoms with Crippen LogP contribution in [0.2, 0.25) is 0 Å². The summed E-state index contributed by atoms with van der Waals surface area (Å²) in [7, 11) is 1.27. The summed E-state index contributed by atoms with van der Waals surface area (Å²) in [4.78, 5) is 25.0. The van der Waals surface area contributed by atoms with Crippen molar-refractivity contribution in [3.63, 3.8) is 0 Å². The zero-order valence-electron chi connectivity index (χ0n) is 18.8. The molecule has 0 radical (unpaired) electrons. The molecule has 1 aliphatic heterocycles. The summed E-state index contributed by atoms with van der Waals surface area (Å²) in [6.07, 6.45) is -0.873. The van der Waals surface area contributed by atoms with E-state index in [9.17, 15) is 22.8 Å². The van der Waals surface area contributed by atoms with Gasteiger partial charge in [0, 0.05) is 50.2 Å². The van der Waals surface area contributed by atoms with Crippen molar-refractivity contribution < 1.29 is 32.2 Å². The topological polar surface area (TPSA) is 73.1 Å². The van der Waals surface area contributed by atoms with E-state index in [4.69, 9.17) is 9.47 Å². The molecule has 34 heavy (non-hydrogen) atoms. The molecule has 180 valence electrons. The third kappa shape index (κ3) is 4.85. The average Bonchev–Trinajstić information content (AvgIpc) is 3.20. The van der Waals surface area contributed by atoms with Gasteiger partial charge in [0.05, 0.1) is 30.8 Å². The smallest absolute Gasteiger partial charge is 0.417 e. The first-order chi connectivity index (χ1) is 16.2. The summed E-state index contributed by atoms with van der Waals surface area (Å²) in [5.74, 6) is -0.388. The summed E-state index contributed by atoms with van der Waals surface area (Å²) in [6.45, 7) is 2.48. The third-order valence-corrected chi connectivity index (χ3v) is 5.97. The number of amides is 1. The van der Waals surface area contributed by atoms with Gasteiger partial charge in [0.15, 0.2) is 0 Å². The molecule has 10 heteroatoms. The van der Waals surface area contributed by atoms with Crippen LogP contribution in [0.1, 0.15) is 30.9 Å². The van der Waals surface area contributed by atoms with Gasteiger partial charge in [-0.1, -0.05) is 6.07 Å². The summed E-state index contributed by atoms with van der Waals surface area (Å²) in [5, 5.41) is 4.17. The van der Waals surface area contributed by atoms with Gasteiger partial charge in [-0.15, -0.1) is 0 Å². The number of pyridine rings is 1. The van der Waals surface area contributed by atoms with Gasteiger partial charge in [-0.3, -0.25) is 9.59 Å². The Bertz CT molecular complexity index is 1210. The van der Waals surface area contributed by atoms with Crippen molar-refractivity contribution in [2.24, 2.45) is 0 Å². The molecule has 2 aromatic heterocycles. The Balaban J connectivity index is 1.74. The van der Waals surface area contributed by atoms with E-state index in [0.29, 0.717) is 42.6 Å². The molecule has 0 atom stereocenters. The van der Waals surface area contributed by atoms with E-state index >= 15 is 0 Å². The van der Waals surface area contributed by atoms with E-state index in [1.165, 1.54) is 42.9 Å². The van der Waals surface area contributed by atoms with Crippen LogP contribution in [0.3, 0.4) is 0 Å². The zero-order chi connectivity index (χ0) is 24.5. The fourth-order valence-corrected chi connectivity index (χ4v) is 4.18. The fraction of sp³-hybridized carbons (Fsp3) is 0.375. The van der Waals surface area contributed by atoms with Crippen LogP contribution in [-0.2, 0) is 26.9 Å². The number of hydrogen-bond donors (Lipinski definition) is 0. The minimum absolute atomic E-state index is 0.0323. The van der Waals surface area contributed by atoms with Gasteiger partial charge in [-0.2, -0.15) is 18.3 Å². The fourth-order valence-electron chi connectivity index (χ4n) is 4.18. The summed E-state index contributed by atoms with van der Waals surface area (Å²) >= 11 is 0. The first kappa shape index (κ1) is 23.6. The van der Waals surface area contributed by atoms with Crippen LogP contribution in [0.25, 0.3) is 16.6 Å². The molecular weight excluding hydrogens is 451 g/mol. The second-order valence-electron chi connectivity index (χ2n) is 8.17. The molecule has 1 amide bonds. The molecular formula is C24H24F3N3O4. The van der Waals surface area contributed by atoms with Crippen LogP contribution in [0.15, 0.2) is 42.7 Å². The van der Waals surface area contributed by atoms with Crippen LogP contribution >= 0.6 is 0 Å². The predicted octanol–water partition coefficient (Wildman–Crippen LogP) is 4.13. The first-order valence-corrected chi connectivity index (χ1v) is 10.8. The highest BCUT2D eigenvalue weighted by Crippen LogP contribution is 2.43. The second-order valence-corrected chi connectivity index (χ2v) is 8.17. The van der Waals surface area contributed by atoms with Crippen molar-refractivity contribution in [3.8, 4) is 16.9 Å². The third-order valence-electron chi connectivity index (χ3n) is 5.97. The number of alkyl halides is 3. The van der Waals surface area contributed by atoms with Gasteiger partial charge < -0.3 is 14.4 Å². The predicted molar refractivity (Wildman–Crippen MR) is 117 cm³/mol. The monoisotopic (exact) mass is 475 g/mol. The van der Waals surface area contributed by atoms with Gasteiger partial charge in [-0.25, -0.2) is 4.52 Å². The Morgan fingerprint density at radius 3 is 2.56 bits per heavy atom. The number of fused-ring (bicyclic) bond motifs is 1. The molecule has 1 aliphatic rings. The molecule has 3 heterocycles. The van der Waals surface area contributed by atoms with Gasteiger partial charge in [0.1, 0.15) is 11.9 Å². The average molecular weight is 475 g/mol. The lowest BCUT2D eigenvalue weighted by Gasteiger charge is -2.32. The Labute approximate surface area is 194 Å². The molecule has 1 saturated heterocycles. The maximum Gasteiger partial charge on any atom is 0.417 e. The van der Waals surface area contributed by atoms with E-state index in [2.05, 4.69) is 5.10 Å². The van der Waals surface area contributed by atoms with Crippen molar-refractivity contribution in [2.45, 2.75) is 38.5 Å². The lowest BCUT2D eigenvalue weighted by Crippen LogP contribution is -2.40. The van der Waals surface area contributed by atoms with Crippen molar-refractivity contribution in [1.29, 1.82) is 0 Å². The number of ether oxygens (including phenoxy) is 2. The van der Waals surface area contributed by atoms with Crippen LogP contribution in [0.4, 0.5) is 13.2 Å². The van der Waals surface area contributed by atoms with Crippen LogP contribution in [0, 0.1) is 0 Å². The van der Waals surface area contributed by atoms with Crippen LogP contribution in [0.5, 0.6) is 5.75 Å². The molecule has 0 unspecified atom stereocenters. The lowest BCUT2D eigenvalue weighted by atomic mass is 9.97. The largest absolute Gasteiger partial charge is 0.490 e. The van der Waals surface area contributed by atoms with E-state index in [0.717, 1.165) is 6.07 Å². The highest BCUT2D eigenvalue weighted by molar-refractivity contribution is 5.81. The molecule has 0 aliphatic carbocycles. The minimum atomic E-state index is -4.60. The lowest BCUT2D eigenvalue weighted by molar-refractivity contribution is -0.140. The summed E-state index contributed by atoms with van der Waals surface area (Å²) in [6, 6.07) is 6.99. The standard InChI is InChI=1S/C24H24F3N3O4/c1-15(31)29-9-7-18(8-10-29)34-21-5-3-4-19(24(25,26)27)23(21)16-6-11-30-20(12-16)17(14-28-30)13-22(32)33-2/h3-6,11-12,14,18H,7-10,13H2,1-2H3. The number of piperidine rings is 1. The van der Waals surface area contributed by atoms with E-state index in [1.54, 1.807) is 17.2 Å². The molecule has 1 aromatic carbocycles. The van der Waals surface area contributed by atoms with Crippen molar-refractivity contribution >= 4 is 17.4 Å². The van der Waals surface area contributed by atoms with Gasteiger partial charge >= 0.3 is 12.1 Å². The summed E-state index contributed by atoms with van der Waals surface area (Å²) < 4.78 is 54.3. The molecule has 0 N–H and O–H groups in total. The molecule has 0 saturated carbocycles. The quantitative estimate of drug-likeness (QED) is 0.519. The Morgan fingerprint density at radius 1 is 1.18 bits per heavy atom. The SMILES string of the molecule is COC(=O)Cc1cnn2ccc(-c3c(OC4CCN(C(C)=O)CC4)cccc3C(F)(F)F)cc12. The number of nitrogens with zero attached hydrogens (tertiary/aromatic N) is 3. The summed E-state index contributed by atoms with van der Waals surface area (Å²) in [5.41, 5.74) is 0.447. The molecule has 0 spiro atoms. The number of aromatic nitrogens is 2. The van der Waals surface area contributed by atoms with Crippen molar-refractivity contribution in [2.75, 3.05) is 20.2 Å². The van der Waals surface area contributed by atoms with Crippen molar-refractivity contribution in [1.82, 2.24) is 14.5 Å². The van der Waals surface area contributed by atoms with Crippen LogP contribution in [-0.4, -0.2) is 52.7 Å². The Hall–Kier alpha value is -3.56. The Morgan fingerprint density at radius 2 is 1.91 bits per heavy atom. The first-order valence-electron chi connectivity index (χ1n) is 10.8. The highest BCUT2D eigenvalue weighted by atomic mass is 19.4. The normalized spacial score (nSPS) is 14.9. The van der Waals surface area contributed by atoms with E-state index in [1.807, 2.05) is 0 Å². The maximum atomic E-state index is 14.0. The molecule has 7 nitrogen and oxygen atoms in total. The van der Waals surface area contributed by atoms with Gasteiger partial charge in [0.2, 0.25) is 5.91 Å². The zero-order valence-corrected chi connectivity index (χ0v) is 18.8. The van der Waals surface area contributed by atoms with Crippen molar-refractivity contribution in [3.05, 3.63) is 53.9 Å². The van der Waals surface area contributed by atoms with E-state index < -0.39 is 17.7 Å². The number of carbonyl (C=O) groups is 2. The number of carbonyl (C=O) groups excluding carboxylic acids is 2. The molecule has 3 aromatic rings. The number of likely N-dealkylation sites (tertiary alicyclic amines) is 1. The molecule has 1 fully saturated rings. The number of methoxy groups -OCH3 is 1. The van der Waals surface area contributed by atoms with Gasteiger partial charge in [0.25, 0.3) is 0 Å². The Kier molecular flexibility index (Phi) is 6.49.